The maximum Gasteiger partial charge on any atom is 0.261 e. The summed E-state index contributed by atoms with van der Waals surface area (Å²) >= 11 is 6.04. The number of amides is 2. The van der Waals surface area contributed by atoms with E-state index in [9.17, 15) is 9.59 Å². The van der Waals surface area contributed by atoms with E-state index in [1.54, 1.807) is 24.3 Å². The number of benzene rings is 3. The zero-order chi connectivity index (χ0) is 21.4. The molecule has 0 radical (unpaired) electrons. The Kier molecular flexibility index (Phi) is 3.58. The zero-order valence-electron chi connectivity index (χ0n) is 16.7. The van der Waals surface area contributed by atoms with Gasteiger partial charge in [0.25, 0.3) is 5.91 Å². The number of rotatable bonds is 2. The molecular formula is C25H18ClN3O2. The van der Waals surface area contributed by atoms with E-state index in [2.05, 4.69) is 10.4 Å². The Morgan fingerprint density at radius 3 is 2.32 bits per heavy atom. The Labute approximate surface area is 184 Å². The van der Waals surface area contributed by atoms with Crippen LogP contribution in [0.2, 0.25) is 5.02 Å². The Morgan fingerprint density at radius 2 is 1.58 bits per heavy atom. The molecular weight excluding hydrogens is 410 g/mol. The first-order valence-corrected chi connectivity index (χ1v) is 10.5. The summed E-state index contributed by atoms with van der Waals surface area (Å²) in [4.78, 5) is 27.7. The topological polar surface area (TPSA) is 61.8 Å². The third-order valence-electron chi connectivity index (χ3n) is 6.92. The van der Waals surface area contributed by atoms with Crippen LogP contribution >= 0.6 is 11.6 Å². The van der Waals surface area contributed by atoms with Gasteiger partial charge in [-0.15, -0.1) is 0 Å². The second kappa shape index (κ2) is 6.05. The number of anilines is 2. The summed E-state index contributed by atoms with van der Waals surface area (Å²) < 4.78 is 0. The van der Waals surface area contributed by atoms with Gasteiger partial charge in [0, 0.05) is 16.6 Å². The van der Waals surface area contributed by atoms with Crippen molar-refractivity contribution in [3.63, 3.8) is 0 Å². The minimum atomic E-state index is -1.06. The average molecular weight is 428 g/mol. The third kappa shape index (κ3) is 2.04. The number of halogens is 1. The van der Waals surface area contributed by atoms with Crippen LogP contribution < -0.4 is 10.3 Å². The normalized spacial score (nSPS) is 28.1. The van der Waals surface area contributed by atoms with Gasteiger partial charge >= 0.3 is 0 Å². The van der Waals surface area contributed by atoms with Crippen molar-refractivity contribution in [1.29, 1.82) is 0 Å². The van der Waals surface area contributed by atoms with Crippen molar-refractivity contribution in [2.24, 2.45) is 10.5 Å². The maximum atomic E-state index is 14.1. The molecule has 1 N–H and O–H groups in total. The number of fused-ring (bicyclic) bond motifs is 3. The molecule has 3 aliphatic rings. The van der Waals surface area contributed by atoms with E-state index in [1.165, 1.54) is 5.01 Å². The van der Waals surface area contributed by atoms with Gasteiger partial charge in [-0.3, -0.25) is 9.59 Å². The Balaban J connectivity index is 1.58. The minimum Gasteiger partial charge on any atom is -0.325 e. The quantitative estimate of drug-likeness (QED) is 0.642. The largest absolute Gasteiger partial charge is 0.325 e. The Hall–Kier alpha value is -3.44. The second-order valence-corrected chi connectivity index (χ2v) is 8.67. The molecule has 3 atom stereocenters. The fourth-order valence-corrected chi connectivity index (χ4v) is 5.84. The van der Waals surface area contributed by atoms with Gasteiger partial charge < -0.3 is 5.32 Å². The molecule has 1 unspecified atom stereocenters. The molecule has 6 rings (SSSR count). The van der Waals surface area contributed by atoms with Gasteiger partial charge in [0.05, 0.1) is 11.4 Å². The molecule has 152 valence electrons. The van der Waals surface area contributed by atoms with Crippen LogP contribution in [0.1, 0.15) is 24.0 Å². The van der Waals surface area contributed by atoms with Crippen LogP contribution in [0.5, 0.6) is 0 Å². The molecule has 2 amide bonds. The summed E-state index contributed by atoms with van der Waals surface area (Å²) in [6.45, 7) is 1.85. The predicted octanol–water partition coefficient (Wildman–Crippen LogP) is 4.74. The standard InChI is InChI=1S/C25H18ClN3O2/c1-15-24(23(31)29(28-15)18-13-11-17(26)12-14-18)21(16-7-3-2-4-8-16)25(24)19-9-5-6-10-20(19)27-22(25)30/h2-14,21H,1H3,(H,27,30)/t21?,24-,25-/m0/s1. The number of hydrazone groups is 1. The van der Waals surface area contributed by atoms with Crippen molar-refractivity contribution < 1.29 is 9.59 Å². The van der Waals surface area contributed by atoms with Gasteiger partial charge in [-0.05, 0) is 48.4 Å². The second-order valence-electron chi connectivity index (χ2n) is 8.24. The summed E-state index contributed by atoms with van der Waals surface area (Å²) in [6, 6.07) is 24.4. The molecule has 0 bridgehead atoms. The number of hydrogen-bond donors (Lipinski definition) is 1. The van der Waals surface area contributed by atoms with Gasteiger partial charge in [0.15, 0.2) is 0 Å². The molecule has 31 heavy (non-hydrogen) atoms. The van der Waals surface area contributed by atoms with Crippen LogP contribution in [0.25, 0.3) is 0 Å². The van der Waals surface area contributed by atoms with Gasteiger partial charge in [0.1, 0.15) is 10.8 Å². The fraction of sp³-hybridized carbons (Fsp3) is 0.160. The highest BCUT2D eigenvalue weighted by molar-refractivity contribution is 6.32. The lowest BCUT2D eigenvalue weighted by molar-refractivity contribution is -0.125. The summed E-state index contributed by atoms with van der Waals surface area (Å²) in [5.41, 5.74) is 1.77. The van der Waals surface area contributed by atoms with Crippen molar-refractivity contribution in [3.8, 4) is 0 Å². The monoisotopic (exact) mass is 427 g/mol. The average Bonchev–Trinajstić information content (AvgIpc) is 3.24. The molecule has 2 spiro atoms. The van der Waals surface area contributed by atoms with Crippen molar-refractivity contribution in [1.82, 2.24) is 0 Å². The number of carbonyl (C=O) groups excluding carboxylic acids is 2. The van der Waals surface area contributed by atoms with E-state index in [-0.39, 0.29) is 17.7 Å². The molecule has 0 aromatic heterocycles. The summed E-state index contributed by atoms with van der Waals surface area (Å²) in [6.07, 6.45) is 0. The number of nitrogens with one attached hydrogen (secondary N) is 1. The first-order valence-electron chi connectivity index (χ1n) is 10.1. The van der Waals surface area contributed by atoms with E-state index in [4.69, 9.17) is 11.6 Å². The molecule has 3 aromatic carbocycles. The number of hydrogen-bond acceptors (Lipinski definition) is 3. The fourth-order valence-electron chi connectivity index (χ4n) is 5.72. The zero-order valence-corrected chi connectivity index (χ0v) is 17.4. The number of nitrogens with zero attached hydrogens (tertiary/aromatic N) is 2. The first-order chi connectivity index (χ1) is 15.0. The van der Waals surface area contributed by atoms with Crippen molar-refractivity contribution in [3.05, 3.63) is 95.0 Å². The smallest absolute Gasteiger partial charge is 0.261 e. The molecule has 5 nitrogen and oxygen atoms in total. The Morgan fingerprint density at radius 1 is 0.903 bits per heavy atom. The lowest BCUT2D eigenvalue weighted by Crippen LogP contribution is -2.37. The van der Waals surface area contributed by atoms with Gasteiger partial charge in [-0.2, -0.15) is 10.1 Å². The van der Waals surface area contributed by atoms with E-state index < -0.39 is 10.8 Å². The highest BCUT2D eigenvalue weighted by atomic mass is 35.5. The summed E-state index contributed by atoms with van der Waals surface area (Å²) in [5, 5.41) is 9.69. The maximum absolute atomic E-state index is 14.1. The van der Waals surface area contributed by atoms with Gasteiger partial charge in [0.2, 0.25) is 5.91 Å². The first kappa shape index (κ1) is 18.3. The number of carbonyl (C=O) groups is 2. The summed E-state index contributed by atoms with van der Waals surface area (Å²) in [5.74, 6) is -0.671. The highest BCUT2D eigenvalue weighted by Gasteiger charge is 2.89. The van der Waals surface area contributed by atoms with Gasteiger partial charge in [-0.1, -0.05) is 60.1 Å². The molecule has 2 heterocycles. The third-order valence-corrected chi connectivity index (χ3v) is 7.17. The molecule has 6 heteroatoms. The van der Waals surface area contributed by atoms with Crippen LogP contribution in [-0.4, -0.2) is 17.5 Å². The molecule has 1 aliphatic carbocycles. The van der Waals surface area contributed by atoms with E-state index in [0.29, 0.717) is 16.4 Å². The van der Waals surface area contributed by atoms with Crippen LogP contribution in [0.4, 0.5) is 11.4 Å². The molecule has 1 fully saturated rings. The highest BCUT2D eigenvalue weighted by Crippen LogP contribution is 2.79. The van der Waals surface area contributed by atoms with Crippen LogP contribution in [0, 0.1) is 5.41 Å². The van der Waals surface area contributed by atoms with Crippen LogP contribution in [-0.2, 0) is 15.0 Å². The predicted molar refractivity (Wildman–Crippen MR) is 120 cm³/mol. The van der Waals surface area contributed by atoms with Crippen molar-refractivity contribution in [2.45, 2.75) is 18.3 Å². The van der Waals surface area contributed by atoms with E-state index in [1.807, 2.05) is 61.5 Å². The Bertz CT molecular complexity index is 1290. The molecule has 2 aliphatic heterocycles. The molecule has 3 aromatic rings. The number of para-hydroxylation sites is 1. The van der Waals surface area contributed by atoms with E-state index >= 15 is 0 Å². The van der Waals surface area contributed by atoms with Crippen LogP contribution in [0.15, 0.2) is 84.0 Å². The molecule has 1 saturated carbocycles. The van der Waals surface area contributed by atoms with Crippen molar-refractivity contribution in [2.75, 3.05) is 10.3 Å². The van der Waals surface area contributed by atoms with E-state index in [0.717, 1.165) is 16.8 Å². The lowest BCUT2D eigenvalue weighted by atomic mass is 9.84. The van der Waals surface area contributed by atoms with Gasteiger partial charge in [-0.25, -0.2) is 0 Å². The SMILES string of the molecule is CC1=NN(c2ccc(Cl)cc2)C(=O)[C@@]12C(c1ccccc1)[C@@]21C(=O)Nc2ccccc21. The lowest BCUT2D eigenvalue weighted by Gasteiger charge is -2.17. The van der Waals surface area contributed by atoms with Crippen LogP contribution in [0.3, 0.4) is 0 Å². The van der Waals surface area contributed by atoms with Crippen molar-refractivity contribution >= 4 is 40.5 Å². The minimum absolute atomic E-state index is 0.150. The summed E-state index contributed by atoms with van der Waals surface area (Å²) in [7, 11) is 0. The molecule has 0 saturated heterocycles.